The number of nitrogens with two attached hydrogens (primary N) is 1. The summed E-state index contributed by atoms with van der Waals surface area (Å²) in [7, 11) is 0. The van der Waals surface area contributed by atoms with Gasteiger partial charge in [0.2, 0.25) is 0 Å². The second-order valence-electron chi connectivity index (χ2n) is 4.58. The summed E-state index contributed by atoms with van der Waals surface area (Å²) in [4.78, 5) is 10.4. The Kier molecular flexibility index (Phi) is 1.91. The Morgan fingerprint density at radius 2 is 1.94 bits per heavy atom. The van der Waals surface area contributed by atoms with Gasteiger partial charge >= 0.3 is 0 Å². The molecule has 84 valence electrons. The van der Waals surface area contributed by atoms with Crippen LogP contribution in [0, 0.1) is 10.1 Å². The Morgan fingerprint density at radius 1 is 1.31 bits per heavy atom. The topological polar surface area (TPSA) is 81.2 Å². The lowest BCUT2D eigenvalue weighted by molar-refractivity contribution is -0.384. The number of rotatable bonds is 1. The SMILES string of the molecule is Nc1cc2c(cc1[N+](=O)[O-])C1CNCC2C1. The zero-order valence-electron chi connectivity index (χ0n) is 8.77. The number of anilines is 1. The predicted octanol–water partition coefficient (Wildman–Crippen LogP) is 1.35. The first-order valence-corrected chi connectivity index (χ1v) is 5.45. The number of nitrogens with zero attached hydrogens (tertiary/aromatic N) is 1. The summed E-state index contributed by atoms with van der Waals surface area (Å²) < 4.78 is 0. The molecule has 1 aromatic rings. The number of nitro benzene ring substituents is 1. The first kappa shape index (κ1) is 9.59. The minimum Gasteiger partial charge on any atom is -0.393 e. The van der Waals surface area contributed by atoms with Crippen molar-refractivity contribution in [3.05, 3.63) is 33.4 Å². The van der Waals surface area contributed by atoms with Gasteiger partial charge in [-0.15, -0.1) is 0 Å². The second-order valence-corrected chi connectivity index (χ2v) is 4.58. The Morgan fingerprint density at radius 3 is 2.56 bits per heavy atom. The number of fused-ring (bicyclic) bond motifs is 5. The van der Waals surface area contributed by atoms with Gasteiger partial charge in [-0.2, -0.15) is 0 Å². The first-order chi connectivity index (χ1) is 7.66. The zero-order chi connectivity index (χ0) is 11.3. The molecule has 0 amide bonds. The van der Waals surface area contributed by atoms with E-state index in [4.69, 9.17) is 5.73 Å². The summed E-state index contributed by atoms with van der Waals surface area (Å²) >= 11 is 0. The summed E-state index contributed by atoms with van der Waals surface area (Å²) in [5.74, 6) is 0.907. The van der Waals surface area contributed by atoms with Gasteiger partial charge in [0.05, 0.1) is 4.92 Å². The van der Waals surface area contributed by atoms with E-state index in [9.17, 15) is 10.1 Å². The number of nitrogen functional groups attached to an aromatic ring is 1. The van der Waals surface area contributed by atoms with Crippen LogP contribution in [0.1, 0.15) is 29.4 Å². The van der Waals surface area contributed by atoms with Crippen LogP contribution in [0.4, 0.5) is 11.4 Å². The third-order valence-corrected chi connectivity index (χ3v) is 3.66. The van der Waals surface area contributed by atoms with E-state index in [0.717, 1.165) is 25.1 Å². The lowest BCUT2D eigenvalue weighted by atomic mass is 9.98. The molecule has 2 bridgehead atoms. The minimum absolute atomic E-state index is 0.0475. The van der Waals surface area contributed by atoms with Crippen LogP contribution in [0.25, 0.3) is 0 Å². The van der Waals surface area contributed by atoms with Crippen molar-refractivity contribution in [1.29, 1.82) is 0 Å². The van der Waals surface area contributed by atoms with Crippen LogP contribution < -0.4 is 11.1 Å². The smallest absolute Gasteiger partial charge is 0.292 e. The van der Waals surface area contributed by atoms with Gasteiger partial charge in [-0.1, -0.05) is 0 Å². The molecule has 3 N–H and O–H groups in total. The van der Waals surface area contributed by atoms with Crippen molar-refractivity contribution in [1.82, 2.24) is 5.32 Å². The lowest BCUT2D eigenvalue weighted by Gasteiger charge is -2.19. The fourth-order valence-electron chi connectivity index (χ4n) is 2.92. The van der Waals surface area contributed by atoms with E-state index in [1.54, 1.807) is 12.1 Å². The van der Waals surface area contributed by atoms with Crippen LogP contribution in [0.2, 0.25) is 0 Å². The summed E-state index contributed by atoms with van der Waals surface area (Å²) in [6.45, 7) is 1.88. The van der Waals surface area contributed by atoms with Crippen molar-refractivity contribution in [3.8, 4) is 0 Å². The number of nitrogens with one attached hydrogen (secondary N) is 1. The van der Waals surface area contributed by atoms with E-state index in [0.29, 0.717) is 11.8 Å². The molecule has 1 aromatic carbocycles. The number of benzene rings is 1. The molecular weight excluding hydrogens is 206 g/mol. The maximum atomic E-state index is 10.8. The lowest BCUT2D eigenvalue weighted by Crippen LogP contribution is -2.28. The average Bonchev–Trinajstić information content (AvgIpc) is 2.50. The fourth-order valence-corrected chi connectivity index (χ4v) is 2.92. The van der Waals surface area contributed by atoms with Crippen molar-refractivity contribution < 1.29 is 4.92 Å². The fraction of sp³-hybridized carbons (Fsp3) is 0.455. The van der Waals surface area contributed by atoms with Crippen LogP contribution in [0.3, 0.4) is 0 Å². The van der Waals surface area contributed by atoms with Gasteiger partial charge in [-0.3, -0.25) is 10.1 Å². The van der Waals surface area contributed by atoms with Gasteiger partial charge in [0, 0.05) is 19.2 Å². The Balaban J connectivity index is 2.16. The molecule has 0 aromatic heterocycles. The van der Waals surface area contributed by atoms with Gasteiger partial charge in [-0.05, 0) is 35.4 Å². The van der Waals surface area contributed by atoms with Crippen molar-refractivity contribution in [2.24, 2.45) is 0 Å². The second kappa shape index (κ2) is 3.18. The third kappa shape index (κ3) is 1.21. The van der Waals surface area contributed by atoms with Crippen LogP contribution in [0.5, 0.6) is 0 Å². The highest BCUT2D eigenvalue weighted by Crippen LogP contribution is 2.46. The molecule has 16 heavy (non-hydrogen) atoms. The number of piperidine rings is 1. The molecule has 1 aliphatic carbocycles. The van der Waals surface area contributed by atoms with Crippen molar-refractivity contribution in [3.63, 3.8) is 0 Å². The van der Waals surface area contributed by atoms with E-state index in [1.165, 1.54) is 5.56 Å². The maximum absolute atomic E-state index is 10.8. The van der Waals surface area contributed by atoms with E-state index >= 15 is 0 Å². The van der Waals surface area contributed by atoms with Gasteiger partial charge in [0.15, 0.2) is 0 Å². The molecule has 2 unspecified atom stereocenters. The summed E-state index contributed by atoms with van der Waals surface area (Å²) in [5, 5.41) is 14.2. The van der Waals surface area contributed by atoms with Crippen molar-refractivity contribution >= 4 is 11.4 Å². The number of hydrogen-bond acceptors (Lipinski definition) is 4. The van der Waals surface area contributed by atoms with Crippen LogP contribution in [0.15, 0.2) is 12.1 Å². The molecule has 0 saturated carbocycles. The monoisotopic (exact) mass is 219 g/mol. The highest BCUT2D eigenvalue weighted by molar-refractivity contribution is 5.64. The van der Waals surface area contributed by atoms with E-state index < -0.39 is 4.92 Å². The Bertz CT molecular complexity index is 473. The number of hydrogen-bond donors (Lipinski definition) is 2. The maximum Gasteiger partial charge on any atom is 0.292 e. The quantitative estimate of drug-likeness (QED) is 0.424. The number of nitro groups is 1. The zero-order valence-corrected chi connectivity index (χ0v) is 8.77. The molecule has 1 heterocycles. The molecular formula is C11H13N3O2. The molecule has 1 aliphatic heterocycles. The van der Waals surface area contributed by atoms with Crippen molar-refractivity contribution in [2.45, 2.75) is 18.3 Å². The normalized spacial score (nSPS) is 26.5. The van der Waals surface area contributed by atoms with Gasteiger partial charge in [0.25, 0.3) is 5.69 Å². The molecule has 5 heteroatoms. The van der Waals surface area contributed by atoms with Gasteiger partial charge in [-0.25, -0.2) is 0 Å². The molecule has 1 fully saturated rings. The summed E-state index contributed by atoms with van der Waals surface area (Å²) in [6.07, 6.45) is 1.10. The Labute approximate surface area is 92.8 Å². The standard InChI is InChI=1S/C11H13N3O2/c12-10-2-8-6-1-7(5-13-4-6)9(8)3-11(10)14(15)16/h2-3,6-7,13H,1,4-5,12H2. The summed E-state index contributed by atoms with van der Waals surface area (Å²) in [5.41, 5.74) is 8.38. The highest BCUT2D eigenvalue weighted by Gasteiger charge is 2.36. The predicted molar refractivity (Wildman–Crippen MR) is 60.5 cm³/mol. The molecule has 0 spiro atoms. The van der Waals surface area contributed by atoms with Crippen molar-refractivity contribution in [2.75, 3.05) is 18.8 Å². The largest absolute Gasteiger partial charge is 0.393 e. The van der Waals surface area contributed by atoms with Crippen LogP contribution >= 0.6 is 0 Å². The van der Waals surface area contributed by atoms with E-state index in [-0.39, 0.29) is 11.4 Å². The van der Waals surface area contributed by atoms with Crippen LogP contribution in [-0.2, 0) is 0 Å². The molecule has 1 saturated heterocycles. The molecule has 2 aliphatic rings. The van der Waals surface area contributed by atoms with E-state index in [2.05, 4.69) is 5.32 Å². The Hall–Kier alpha value is -1.62. The van der Waals surface area contributed by atoms with E-state index in [1.807, 2.05) is 0 Å². The average molecular weight is 219 g/mol. The van der Waals surface area contributed by atoms with Gasteiger partial charge in [0.1, 0.15) is 5.69 Å². The van der Waals surface area contributed by atoms with Crippen LogP contribution in [-0.4, -0.2) is 18.0 Å². The first-order valence-electron chi connectivity index (χ1n) is 5.45. The molecule has 0 radical (unpaired) electrons. The molecule has 3 rings (SSSR count). The van der Waals surface area contributed by atoms with Gasteiger partial charge < -0.3 is 11.1 Å². The molecule has 2 atom stereocenters. The summed E-state index contributed by atoms with van der Waals surface area (Å²) in [6, 6.07) is 3.47. The third-order valence-electron chi connectivity index (χ3n) is 3.66. The minimum atomic E-state index is -0.397. The highest BCUT2D eigenvalue weighted by atomic mass is 16.6. The molecule has 5 nitrogen and oxygen atoms in total.